The molecule has 0 atom stereocenters. The van der Waals surface area contributed by atoms with E-state index in [-0.39, 0.29) is 23.0 Å². The van der Waals surface area contributed by atoms with Crippen molar-refractivity contribution in [3.05, 3.63) is 41.4 Å². The number of hydrogen-bond donors (Lipinski definition) is 0. The molecule has 0 radical (unpaired) electrons. The largest absolute Gasteiger partial charge is 0.497 e. The monoisotopic (exact) mass is 553 g/mol. The predicted molar refractivity (Wildman–Crippen MR) is 140 cm³/mol. The number of rotatable bonds is 10. The van der Waals surface area contributed by atoms with Crippen LogP contribution < -0.4 is 14.4 Å². The minimum Gasteiger partial charge on any atom is -0.497 e. The van der Waals surface area contributed by atoms with Gasteiger partial charge in [-0.2, -0.15) is 0 Å². The third-order valence-corrected chi connectivity index (χ3v) is 9.22. The second kappa shape index (κ2) is 11.7. The zero-order chi connectivity index (χ0) is 25.7. The van der Waals surface area contributed by atoms with Gasteiger partial charge in [-0.3, -0.25) is 14.6 Å². The Morgan fingerprint density at radius 1 is 1.14 bits per heavy atom. The molecule has 1 amide bonds. The summed E-state index contributed by atoms with van der Waals surface area (Å²) in [7, 11) is -0.601. The molecule has 0 spiro atoms. The fourth-order valence-corrected chi connectivity index (χ4v) is 6.40. The third-order valence-electron chi connectivity index (χ3n) is 5.95. The van der Waals surface area contributed by atoms with E-state index < -0.39 is 9.84 Å². The zero-order valence-corrected chi connectivity index (χ0v) is 22.5. The van der Waals surface area contributed by atoms with E-state index in [9.17, 15) is 13.2 Å². The molecule has 0 N–H and O–H groups in total. The van der Waals surface area contributed by atoms with E-state index in [0.717, 1.165) is 13.1 Å². The van der Waals surface area contributed by atoms with E-state index in [0.29, 0.717) is 58.2 Å². The average molecular weight is 554 g/mol. The molecule has 4 rings (SSSR count). The first-order valence-electron chi connectivity index (χ1n) is 11.4. The highest BCUT2D eigenvalue weighted by Gasteiger charge is 2.25. The molecule has 12 heteroatoms. The Morgan fingerprint density at radius 2 is 1.86 bits per heavy atom. The van der Waals surface area contributed by atoms with Gasteiger partial charge in [0.2, 0.25) is 5.91 Å². The lowest BCUT2D eigenvalue weighted by molar-refractivity contribution is -0.118. The van der Waals surface area contributed by atoms with Gasteiger partial charge >= 0.3 is 0 Å². The van der Waals surface area contributed by atoms with Crippen LogP contribution in [-0.4, -0.2) is 83.6 Å². The molecule has 0 aliphatic carbocycles. The van der Waals surface area contributed by atoms with Gasteiger partial charge in [-0.25, -0.2) is 13.4 Å². The fourth-order valence-electron chi connectivity index (χ4n) is 3.87. The topological polar surface area (TPSA) is 98.3 Å². The number of sulfone groups is 1. The van der Waals surface area contributed by atoms with Crippen molar-refractivity contribution in [1.29, 1.82) is 0 Å². The number of amides is 1. The lowest BCUT2D eigenvalue weighted by Gasteiger charge is -2.29. The Labute approximate surface area is 219 Å². The number of aromatic nitrogens is 1. The molecule has 2 aromatic carbocycles. The number of hydrogen-bond acceptors (Lipinski definition) is 9. The molecule has 1 aromatic heterocycles. The number of morpholine rings is 1. The van der Waals surface area contributed by atoms with Crippen molar-refractivity contribution in [1.82, 2.24) is 9.88 Å². The second-order valence-corrected chi connectivity index (χ2v) is 11.7. The minimum atomic E-state index is -3.66. The molecule has 3 aromatic rings. The average Bonchev–Trinajstić information content (AvgIpc) is 3.34. The molecule has 1 aliphatic rings. The van der Waals surface area contributed by atoms with Crippen molar-refractivity contribution in [3.8, 4) is 11.5 Å². The summed E-state index contributed by atoms with van der Waals surface area (Å²) in [5.74, 6) is 0.472. The highest BCUT2D eigenvalue weighted by molar-refractivity contribution is 7.91. The number of halogens is 1. The van der Waals surface area contributed by atoms with Crippen molar-refractivity contribution >= 4 is 54.0 Å². The van der Waals surface area contributed by atoms with E-state index in [2.05, 4.69) is 9.88 Å². The predicted octanol–water partition coefficient (Wildman–Crippen LogP) is 3.50. The van der Waals surface area contributed by atoms with Crippen LogP contribution in [0.1, 0.15) is 6.42 Å². The molecule has 2 heterocycles. The van der Waals surface area contributed by atoms with E-state index in [1.807, 2.05) is 0 Å². The summed E-state index contributed by atoms with van der Waals surface area (Å²) in [6.45, 7) is 3.80. The van der Waals surface area contributed by atoms with E-state index >= 15 is 0 Å². The van der Waals surface area contributed by atoms with Gasteiger partial charge in [-0.1, -0.05) is 22.9 Å². The molecule has 0 saturated carbocycles. The Morgan fingerprint density at radius 3 is 2.53 bits per heavy atom. The number of carbonyl (C=O) groups is 1. The first kappa shape index (κ1) is 26.6. The number of benzene rings is 2. The smallest absolute Gasteiger partial charge is 0.229 e. The number of nitrogens with zero attached hydrogens (tertiary/aromatic N) is 3. The molecule has 36 heavy (non-hydrogen) atoms. The number of methoxy groups -OCH3 is 2. The van der Waals surface area contributed by atoms with Gasteiger partial charge in [0, 0.05) is 32.6 Å². The van der Waals surface area contributed by atoms with Crippen molar-refractivity contribution in [2.75, 3.05) is 64.3 Å². The zero-order valence-electron chi connectivity index (χ0n) is 20.1. The van der Waals surface area contributed by atoms with Gasteiger partial charge in [0.25, 0.3) is 0 Å². The highest BCUT2D eigenvalue weighted by Crippen LogP contribution is 2.39. The van der Waals surface area contributed by atoms with Crippen LogP contribution >= 0.6 is 22.9 Å². The number of ether oxygens (including phenoxy) is 3. The van der Waals surface area contributed by atoms with Crippen molar-refractivity contribution in [3.63, 3.8) is 0 Å². The number of fused-ring (bicyclic) bond motifs is 1. The summed E-state index contributed by atoms with van der Waals surface area (Å²) in [4.78, 5) is 22.0. The van der Waals surface area contributed by atoms with E-state index in [1.165, 1.54) is 30.6 Å². The molecular formula is C24H28ClN3O6S2. The number of anilines is 1. The summed E-state index contributed by atoms with van der Waals surface area (Å²) in [5.41, 5.74) is 0.569. The minimum absolute atomic E-state index is 0.146. The lowest BCUT2D eigenvalue weighted by atomic mass is 10.3. The Bertz CT molecular complexity index is 1310. The molecule has 194 valence electrons. The molecule has 1 saturated heterocycles. The SMILES string of the molecule is COc1ccc(S(=O)(=O)CCC(=O)N(CCN2CCOCC2)c2nc3c(OC)ccc(Cl)c3s2)cc1. The highest BCUT2D eigenvalue weighted by atomic mass is 35.5. The van der Waals surface area contributed by atoms with Gasteiger partial charge in [0.05, 0.1) is 47.8 Å². The summed E-state index contributed by atoms with van der Waals surface area (Å²) >= 11 is 7.68. The van der Waals surface area contributed by atoms with Crippen molar-refractivity contribution in [2.24, 2.45) is 0 Å². The summed E-state index contributed by atoms with van der Waals surface area (Å²) in [6.07, 6.45) is -0.182. The van der Waals surface area contributed by atoms with Gasteiger partial charge in [0.1, 0.15) is 17.0 Å². The third kappa shape index (κ3) is 6.09. The van der Waals surface area contributed by atoms with Crippen LogP contribution in [0.3, 0.4) is 0 Å². The summed E-state index contributed by atoms with van der Waals surface area (Å²) in [5, 5.41) is 0.966. The maximum absolute atomic E-state index is 13.4. The molecule has 1 aliphatic heterocycles. The van der Waals surface area contributed by atoms with Crippen LogP contribution in [0, 0.1) is 0 Å². The molecule has 1 fully saturated rings. The number of thiazole rings is 1. The molecular weight excluding hydrogens is 526 g/mol. The summed E-state index contributed by atoms with van der Waals surface area (Å²) < 4.78 is 42.4. The fraction of sp³-hybridized carbons (Fsp3) is 0.417. The number of carbonyl (C=O) groups excluding carboxylic acids is 1. The Hall–Kier alpha value is -2.44. The van der Waals surface area contributed by atoms with Crippen LogP contribution in [0.5, 0.6) is 11.5 Å². The Kier molecular flexibility index (Phi) is 8.68. The van der Waals surface area contributed by atoms with Crippen LogP contribution in [0.4, 0.5) is 5.13 Å². The van der Waals surface area contributed by atoms with Crippen LogP contribution in [0.2, 0.25) is 5.02 Å². The maximum atomic E-state index is 13.4. The maximum Gasteiger partial charge on any atom is 0.229 e. The van der Waals surface area contributed by atoms with Crippen molar-refractivity contribution in [2.45, 2.75) is 11.3 Å². The van der Waals surface area contributed by atoms with Crippen LogP contribution in [0.15, 0.2) is 41.3 Å². The standard InChI is InChI=1S/C24H28ClN3O6S2/c1-32-17-3-5-18(6-4-17)36(30,31)16-9-21(29)28(11-10-27-12-14-34-15-13-27)24-26-22-20(33-2)8-7-19(25)23(22)35-24/h3-8H,9-16H2,1-2H3. The van der Waals surface area contributed by atoms with Crippen molar-refractivity contribution < 1.29 is 27.4 Å². The normalized spacial score (nSPS) is 14.6. The van der Waals surface area contributed by atoms with Gasteiger partial charge in [-0.05, 0) is 36.4 Å². The van der Waals surface area contributed by atoms with E-state index in [4.69, 9.17) is 25.8 Å². The quantitative estimate of drug-likeness (QED) is 0.376. The van der Waals surface area contributed by atoms with Gasteiger partial charge < -0.3 is 14.2 Å². The van der Waals surface area contributed by atoms with Gasteiger partial charge in [0.15, 0.2) is 15.0 Å². The van der Waals surface area contributed by atoms with Crippen LogP contribution in [0.25, 0.3) is 10.2 Å². The molecule has 0 bridgehead atoms. The Balaban J connectivity index is 1.56. The first-order valence-corrected chi connectivity index (χ1v) is 14.3. The van der Waals surface area contributed by atoms with Crippen LogP contribution in [-0.2, 0) is 19.4 Å². The first-order chi connectivity index (χ1) is 17.3. The lowest BCUT2D eigenvalue weighted by Crippen LogP contribution is -2.43. The second-order valence-electron chi connectivity index (χ2n) is 8.17. The van der Waals surface area contributed by atoms with E-state index in [1.54, 1.807) is 36.3 Å². The molecule has 9 nitrogen and oxygen atoms in total. The van der Waals surface area contributed by atoms with Gasteiger partial charge in [-0.15, -0.1) is 0 Å². The summed E-state index contributed by atoms with van der Waals surface area (Å²) in [6, 6.07) is 9.60. The molecule has 0 unspecified atom stereocenters.